The van der Waals surface area contributed by atoms with Crippen molar-refractivity contribution in [2.45, 2.75) is 79.8 Å². The second kappa shape index (κ2) is 6.85. The van der Waals surface area contributed by atoms with Crippen molar-refractivity contribution in [1.29, 1.82) is 0 Å². The summed E-state index contributed by atoms with van der Waals surface area (Å²) in [6, 6.07) is 8.76. The van der Waals surface area contributed by atoms with Crippen LogP contribution in [0.25, 0.3) is 0 Å². The van der Waals surface area contributed by atoms with Crippen molar-refractivity contribution >= 4 is 0 Å². The minimum Gasteiger partial charge on any atom is -0.488 e. The van der Waals surface area contributed by atoms with Crippen molar-refractivity contribution < 1.29 is 4.74 Å². The highest BCUT2D eigenvalue weighted by molar-refractivity contribution is 5.31. The van der Waals surface area contributed by atoms with Crippen LogP contribution in [0, 0.1) is 11.3 Å². The predicted octanol–water partition coefficient (Wildman–Crippen LogP) is 6.43. The average Bonchev–Trinajstić information content (AvgIpc) is 2.35. The van der Waals surface area contributed by atoms with Gasteiger partial charge in [0.2, 0.25) is 0 Å². The molecule has 120 valence electrons. The minimum absolute atomic E-state index is 0.0944. The first-order valence-corrected chi connectivity index (χ1v) is 8.34. The first kappa shape index (κ1) is 18.1. The van der Waals surface area contributed by atoms with E-state index in [4.69, 9.17) is 4.74 Å². The summed E-state index contributed by atoms with van der Waals surface area (Å²) in [5, 5.41) is 0. The molecule has 1 aromatic carbocycles. The summed E-state index contributed by atoms with van der Waals surface area (Å²) >= 11 is 0. The lowest BCUT2D eigenvalue weighted by molar-refractivity contribution is 0.105. The SMILES string of the molecule is CCC(C)(C)Oc1ccc(C(CC(C)C)C(C)(C)C)cc1. The number of rotatable bonds is 6. The van der Waals surface area contributed by atoms with E-state index >= 15 is 0 Å². The molecule has 0 fully saturated rings. The molecule has 0 spiro atoms. The smallest absolute Gasteiger partial charge is 0.120 e. The molecule has 0 aliphatic rings. The van der Waals surface area contributed by atoms with Gasteiger partial charge in [-0.3, -0.25) is 0 Å². The van der Waals surface area contributed by atoms with E-state index in [2.05, 4.69) is 79.7 Å². The molecule has 1 rings (SSSR count). The van der Waals surface area contributed by atoms with E-state index in [9.17, 15) is 0 Å². The molecule has 0 aliphatic carbocycles. The van der Waals surface area contributed by atoms with Crippen LogP contribution in [-0.4, -0.2) is 5.60 Å². The summed E-state index contributed by atoms with van der Waals surface area (Å²) in [5.41, 5.74) is 1.62. The highest BCUT2D eigenvalue weighted by Crippen LogP contribution is 2.40. The van der Waals surface area contributed by atoms with Crippen LogP contribution >= 0.6 is 0 Å². The molecular weight excluding hydrogens is 256 g/mol. The Bertz CT molecular complexity index is 420. The summed E-state index contributed by atoms with van der Waals surface area (Å²) in [5.74, 6) is 2.28. The van der Waals surface area contributed by atoms with Gasteiger partial charge in [-0.1, -0.05) is 53.7 Å². The van der Waals surface area contributed by atoms with Crippen LogP contribution in [0.1, 0.15) is 79.7 Å². The highest BCUT2D eigenvalue weighted by Gasteiger charge is 2.27. The maximum Gasteiger partial charge on any atom is 0.120 e. The molecule has 21 heavy (non-hydrogen) atoms. The summed E-state index contributed by atoms with van der Waals surface area (Å²) in [6.07, 6.45) is 2.23. The van der Waals surface area contributed by atoms with Gasteiger partial charge in [-0.25, -0.2) is 0 Å². The van der Waals surface area contributed by atoms with Crippen LogP contribution in [0.4, 0.5) is 0 Å². The maximum absolute atomic E-state index is 6.05. The average molecular weight is 290 g/mol. The van der Waals surface area contributed by atoms with Gasteiger partial charge < -0.3 is 4.74 Å². The Balaban J connectivity index is 2.93. The van der Waals surface area contributed by atoms with E-state index in [-0.39, 0.29) is 11.0 Å². The molecule has 0 N–H and O–H groups in total. The maximum atomic E-state index is 6.05. The fraction of sp³-hybridized carbons (Fsp3) is 0.700. The topological polar surface area (TPSA) is 9.23 Å². The van der Waals surface area contributed by atoms with Crippen LogP contribution in [0.3, 0.4) is 0 Å². The van der Waals surface area contributed by atoms with E-state index < -0.39 is 0 Å². The molecule has 1 nitrogen and oxygen atoms in total. The van der Waals surface area contributed by atoms with Gasteiger partial charge in [0.15, 0.2) is 0 Å². The van der Waals surface area contributed by atoms with Crippen molar-refractivity contribution in [1.82, 2.24) is 0 Å². The molecule has 0 amide bonds. The van der Waals surface area contributed by atoms with Crippen LogP contribution in [0.15, 0.2) is 24.3 Å². The van der Waals surface area contributed by atoms with E-state index in [1.54, 1.807) is 0 Å². The van der Waals surface area contributed by atoms with Gasteiger partial charge in [0.1, 0.15) is 11.4 Å². The fourth-order valence-electron chi connectivity index (χ4n) is 2.62. The molecule has 0 saturated heterocycles. The molecule has 0 aliphatic heterocycles. The van der Waals surface area contributed by atoms with Crippen molar-refractivity contribution in [3.63, 3.8) is 0 Å². The lowest BCUT2D eigenvalue weighted by Crippen LogP contribution is -2.26. The molecule has 0 saturated carbocycles. The van der Waals surface area contributed by atoms with Crippen molar-refractivity contribution in [2.75, 3.05) is 0 Å². The van der Waals surface area contributed by atoms with Gasteiger partial charge in [-0.15, -0.1) is 0 Å². The minimum atomic E-state index is -0.0944. The molecule has 0 aromatic heterocycles. The van der Waals surface area contributed by atoms with Crippen molar-refractivity contribution in [3.8, 4) is 5.75 Å². The van der Waals surface area contributed by atoms with Crippen LogP contribution in [0.2, 0.25) is 0 Å². The lowest BCUT2D eigenvalue weighted by Gasteiger charge is -2.33. The van der Waals surface area contributed by atoms with Crippen LogP contribution in [0.5, 0.6) is 5.75 Å². The highest BCUT2D eigenvalue weighted by atomic mass is 16.5. The standard InChI is InChI=1S/C20H34O/c1-9-20(7,8)21-17-12-10-16(11-13-17)18(14-15(2)3)19(4,5)6/h10-13,15,18H,9,14H2,1-8H3. The zero-order chi connectivity index (χ0) is 16.3. The lowest BCUT2D eigenvalue weighted by atomic mass is 9.72. The molecule has 1 unspecified atom stereocenters. The molecule has 0 bridgehead atoms. The van der Waals surface area contributed by atoms with E-state index in [1.807, 2.05) is 0 Å². The quantitative estimate of drug-likeness (QED) is 0.586. The third kappa shape index (κ3) is 5.73. The Kier molecular flexibility index (Phi) is 5.90. The first-order valence-electron chi connectivity index (χ1n) is 8.34. The van der Waals surface area contributed by atoms with Gasteiger partial charge in [-0.2, -0.15) is 0 Å². The van der Waals surface area contributed by atoms with Gasteiger partial charge in [0.05, 0.1) is 0 Å². The molecular formula is C20H34O. The fourth-order valence-corrected chi connectivity index (χ4v) is 2.62. The Hall–Kier alpha value is -0.980. The third-order valence-electron chi connectivity index (χ3n) is 4.28. The Morgan fingerprint density at radius 3 is 1.86 bits per heavy atom. The van der Waals surface area contributed by atoms with Gasteiger partial charge in [0.25, 0.3) is 0 Å². The number of ether oxygens (including phenoxy) is 1. The van der Waals surface area contributed by atoms with E-state index in [0.717, 1.165) is 12.2 Å². The Labute approximate surface area is 132 Å². The summed E-state index contributed by atoms with van der Waals surface area (Å²) < 4.78 is 6.05. The van der Waals surface area contributed by atoms with Crippen LogP contribution in [-0.2, 0) is 0 Å². The zero-order valence-corrected chi connectivity index (χ0v) is 15.3. The second-order valence-corrected chi connectivity index (χ2v) is 8.33. The third-order valence-corrected chi connectivity index (χ3v) is 4.28. The van der Waals surface area contributed by atoms with Crippen LogP contribution < -0.4 is 4.74 Å². The molecule has 0 heterocycles. The summed E-state index contributed by atoms with van der Waals surface area (Å²) in [6.45, 7) is 18.1. The number of hydrogen-bond donors (Lipinski definition) is 0. The van der Waals surface area contributed by atoms with E-state index in [1.165, 1.54) is 12.0 Å². The van der Waals surface area contributed by atoms with Gasteiger partial charge in [-0.05, 0) is 61.6 Å². The molecule has 1 heteroatoms. The number of benzene rings is 1. The summed E-state index contributed by atoms with van der Waals surface area (Å²) in [4.78, 5) is 0. The van der Waals surface area contributed by atoms with E-state index in [0.29, 0.717) is 11.8 Å². The molecule has 1 atom stereocenters. The normalized spacial score (nSPS) is 14.3. The second-order valence-electron chi connectivity index (χ2n) is 8.33. The van der Waals surface area contributed by atoms with Gasteiger partial charge in [0, 0.05) is 0 Å². The monoisotopic (exact) mass is 290 g/mol. The van der Waals surface area contributed by atoms with Crippen molar-refractivity contribution in [2.24, 2.45) is 11.3 Å². The van der Waals surface area contributed by atoms with Crippen molar-refractivity contribution in [3.05, 3.63) is 29.8 Å². The predicted molar refractivity (Wildman–Crippen MR) is 93.1 cm³/mol. The Morgan fingerprint density at radius 2 is 1.48 bits per heavy atom. The molecule has 0 radical (unpaired) electrons. The molecule has 1 aromatic rings. The number of hydrogen-bond acceptors (Lipinski definition) is 1. The zero-order valence-electron chi connectivity index (χ0n) is 15.3. The van der Waals surface area contributed by atoms with Gasteiger partial charge >= 0.3 is 0 Å². The largest absolute Gasteiger partial charge is 0.488 e. The first-order chi connectivity index (χ1) is 9.55. The Morgan fingerprint density at radius 1 is 0.952 bits per heavy atom. The summed E-state index contributed by atoms with van der Waals surface area (Å²) in [7, 11) is 0.